The third-order valence-corrected chi connectivity index (χ3v) is 3.69. The molecule has 1 heterocycles. The quantitative estimate of drug-likeness (QED) is 0.891. The summed E-state index contributed by atoms with van der Waals surface area (Å²) >= 11 is 5.86. The summed E-state index contributed by atoms with van der Waals surface area (Å²) in [5, 5.41) is 3.29. The van der Waals surface area contributed by atoms with Crippen molar-refractivity contribution in [3.63, 3.8) is 0 Å². The van der Waals surface area contributed by atoms with Crippen molar-refractivity contribution in [1.29, 1.82) is 0 Å². The molecule has 0 aromatic heterocycles. The van der Waals surface area contributed by atoms with E-state index in [-0.39, 0.29) is 10.8 Å². The molecule has 19 heavy (non-hydrogen) atoms. The molecule has 1 fully saturated rings. The lowest BCUT2D eigenvalue weighted by Crippen LogP contribution is -2.33. The van der Waals surface area contributed by atoms with Crippen molar-refractivity contribution in [2.75, 3.05) is 13.1 Å². The van der Waals surface area contributed by atoms with Gasteiger partial charge in [-0.3, -0.25) is 0 Å². The molecule has 2 atom stereocenters. The molecule has 1 saturated heterocycles. The van der Waals surface area contributed by atoms with Crippen molar-refractivity contribution in [3.05, 3.63) is 28.8 Å². The van der Waals surface area contributed by atoms with Crippen LogP contribution in [0.2, 0.25) is 5.02 Å². The SMILES string of the molecule is C[C@H]1CNCC[C@H]1c1ccc(OC(F)(F)F)c(Cl)c1. The molecule has 6 heteroatoms. The molecular formula is C13H15ClF3NO. The lowest BCUT2D eigenvalue weighted by molar-refractivity contribution is -0.274. The molecule has 1 aromatic carbocycles. The predicted molar refractivity (Wildman–Crippen MR) is 67.5 cm³/mol. The molecule has 0 spiro atoms. The van der Waals surface area contributed by atoms with Gasteiger partial charge in [0.05, 0.1) is 5.02 Å². The van der Waals surface area contributed by atoms with Gasteiger partial charge in [-0.15, -0.1) is 13.2 Å². The Bertz CT molecular complexity index is 450. The van der Waals surface area contributed by atoms with Gasteiger partial charge in [0.1, 0.15) is 5.75 Å². The van der Waals surface area contributed by atoms with Gasteiger partial charge in [-0.05, 0) is 49.0 Å². The first-order chi connectivity index (χ1) is 8.87. The average Bonchev–Trinajstić information content (AvgIpc) is 2.31. The monoisotopic (exact) mass is 293 g/mol. The minimum atomic E-state index is -4.72. The normalized spacial score (nSPS) is 24.3. The number of rotatable bonds is 2. The molecule has 2 rings (SSSR count). The average molecular weight is 294 g/mol. The standard InChI is InChI=1S/C13H15ClF3NO/c1-8-7-18-5-4-10(8)9-2-3-12(11(14)6-9)19-13(15,16)17/h2-3,6,8,10,18H,4-5,7H2,1H3/t8-,10+/m0/s1. The van der Waals surface area contributed by atoms with Crippen molar-refractivity contribution < 1.29 is 17.9 Å². The smallest absolute Gasteiger partial charge is 0.404 e. The highest BCUT2D eigenvalue weighted by atomic mass is 35.5. The van der Waals surface area contributed by atoms with Crippen LogP contribution in [0, 0.1) is 5.92 Å². The Kier molecular flexibility index (Phi) is 4.26. The van der Waals surface area contributed by atoms with E-state index in [9.17, 15) is 13.2 Å². The largest absolute Gasteiger partial charge is 0.573 e. The van der Waals surface area contributed by atoms with E-state index in [1.807, 2.05) is 0 Å². The highest BCUT2D eigenvalue weighted by Gasteiger charge is 2.32. The summed E-state index contributed by atoms with van der Waals surface area (Å²) in [6.45, 7) is 3.93. The minimum Gasteiger partial charge on any atom is -0.404 e. The summed E-state index contributed by atoms with van der Waals surface area (Å²) < 4.78 is 40.3. The van der Waals surface area contributed by atoms with Gasteiger partial charge in [-0.25, -0.2) is 0 Å². The number of alkyl halides is 3. The van der Waals surface area contributed by atoms with Crippen LogP contribution in [0.3, 0.4) is 0 Å². The first kappa shape index (κ1) is 14.5. The summed E-state index contributed by atoms with van der Waals surface area (Å²) in [4.78, 5) is 0. The Morgan fingerprint density at radius 1 is 1.37 bits per heavy atom. The van der Waals surface area contributed by atoms with E-state index in [0.29, 0.717) is 11.8 Å². The van der Waals surface area contributed by atoms with Gasteiger partial charge in [0.2, 0.25) is 0 Å². The fraction of sp³-hybridized carbons (Fsp3) is 0.538. The Morgan fingerprint density at radius 2 is 2.11 bits per heavy atom. The van der Waals surface area contributed by atoms with E-state index in [0.717, 1.165) is 25.1 Å². The third-order valence-electron chi connectivity index (χ3n) is 3.40. The molecule has 1 aromatic rings. The van der Waals surface area contributed by atoms with Crippen LogP contribution in [0.25, 0.3) is 0 Å². The fourth-order valence-electron chi connectivity index (χ4n) is 2.46. The first-order valence-electron chi connectivity index (χ1n) is 6.13. The summed E-state index contributed by atoms with van der Waals surface area (Å²) in [5.74, 6) is 0.400. The maximum Gasteiger partial charge on any atom is 0.573 e. The second-order valence-electron chi connectivity index (χ2n) is 4.81. The van der Waals surface area contributed by atoms with Gasteiger partial charge in [-0.2, -0.15) is 0 Å². The zero-order chi connectivity index (χ0) is 14.0. The van der Waals surface area contributed by atoms with Gasteiger partial charge < -0.3 is 10.1 Å². The number of ether oxygens (including phenoxy) is 1. The van der Waals surface area contributed by atoms with Gasteiger partial charge >= 0.3 is 6.36 Å². The van der Waals surface area contributed by atoms with E-state index in [2.05, 4.69) is 17.0 Å². The van der Waals surface area contributed by atoms with Crippen LogP contribution in [0.15, 0.2) is 18.2 Å². The second-order valence-corrected chi connectivity index (χ2v) is 5.22. The maximum absolute atomic E-state index is 12.1. The molecule has 106 valence electrons. The van der Waals surface area contributed by atoms with Gasteiger partial charge in [0.25, 0.3) is 0 Å². The minimum absolute atomic E-state index is 0.000516. The Hall–Kier alpha value is -0.940. The number of benzene rings is 1. The Morgan fingerprint density at radius 3 is 2.68 bits per heavy atom. The van der Waals surface area contributed by atoms with Crippen LogP contribution in [0.4, 0.5) is 13.2 Å². The van der Waals surface area contributed by atoms with Crippen molar-refractivity contribution in [1.82, 2.24) is 5.32 Å². The Balaban J connectivity index is 2.18. The van der Waals surface area contributed by atoms with E-state index in [1.54, 1.807) is 12.1 Å². The first-order valence-corrected chi connectivity index (χ1v) is 6.50. The molecule has 0 bridgehead atoms. The summed E-state index contributed by atoms with van der Waals surface area (Å²) in [7, 11) is 0. The predicted octanol–water partition coefficient (Wildman–Crippen LogP) is 3.95. The number of piperidine rings is 1. The molecule has 1 aliphatic rings. The molecule has 0 aliphatic carbocycles. The molecule has 2 nitrogen and oxygen atoms in total. The number of hydrogen-bond acceptors (Lipinski definition) is 2. The third kappa shape index (κ3) is 3.76. The summed E-state index contributed by atoms with van der Waals surface area (Å²) in [5.41, 5.74) is 0.966. The van der Waals surface area contributed by atoms with E-state index >= 15 is 0 Å². The van der Waals surface area contributed by atoms with Crippen LogP contribution in [0.5, 0.6) is 5.75 Å². The van der Waals surface area contributed by atoms with E-state index < -0.39 is 6.36 Å². The highest BCUT2D eigenvalue weighted by molar-refractivity contribution is 6.32. The van der Waals surface area contributed by atoms with Crippen LogP contribution in [-0.4, -0.2) is 19.5 Å². The fourth-order valence-corrected chi connectivity index (χ4v) is 2.69. The topological polar surface area (TPSA) is 21.3 Å². The van der Waals surface area contributed by atoms with Crippen molar-refractivity contribution >= 4 is 11.6 Å². The Labute approximate surface area is 114 Å². The zero-order valence-electron chi connectivity index (χ0n) is 10.4. The lowest BCUT2D eigenvalue weighted by Gasteiger charge is -2.30. The van der Waals surface area contributed by atoms with Gasteiger partial charge in [0, 0.05) is 0 Å². The van der Waals surface area contributed by atoms with Crippen molar-refractivity contribution in [2.24, 2.45) is 5.92 Å². The van der Waals surface area contributed by atoms with Crippen molar-refractivity contribution in [3.8, 4) is 5.75 Å². The number of hydrogen-bond donors (Lipinski definition) is 1. The molecule has 0 unspecified atom stereocenters. The van der Waals surface area contributed by atoms with Gasteiger partial charge in [0.15, 0.2) is 0 Å². The van der Waals surface area contributed by atoms with Crippen LogP contribution in [0.1, 0.15) is 24.8 Å². The molecule has 1 aliphatic heterocycles. The number of nitrogens with one attached hydrogen (secondary N) is 1. The summed E-state index contributed by atoms with van der Waals surface area (Å²) in [6.07, 6.45) is -3.76. The van der Waals surface area contributed by atoms with E-state index in [4.69, 9.17) is 11.6 Å². The highest BCUT2D eigenvalue weighted by Crippen LogP contribution is 2.36. The molecular weight excluding hydrogens is 279 g/mol. The summed E-state index contributed by atoms with van der Waals surface area (Å²) in [6, 6.07) is 4.54. The molecule has 1 N–H and O–H groups in total. The second kappa shape index (κ2) is 5.59. The molecule has 0 amide bonds. The van der Waals surface area contributed by atoms with Crippen LogP contribution < -0.4 is 10.1 Å². The van der Waals surface area contributed by atoms with Gasteiger partial charge in [-0.1, -0.05) is 24.6 Å². The van der Waals surface area contributed by atoms with Crippen LogP contribution in [-0.2, 0) is 0 Å². The zero-order valence-corrected chi connectivity index (χ0v) is 11.2. The molecule has 0 saturated carbocycles. The maximum atomic E-state index is 12.1. The van der Waals surface area contributed by atoms with Crippen LogP contribution >= 0.6 is 11.6 Å². The molecule has 0 radical (unpaired) electrons. The lowest BCUT2D eigenvalue weighted by atomic mass is 9.82. The van der Waals surface area contributed by atoms with E-state index in [1.165, 1.54) is 6.07 Å². The van der Waals surface area contributed by atoms with Crippen molar-refractivity contribution in [2.45, 2.75) is 25.6 Å². The number of halogens is 4.